The lowest BCUT2D eigenvalue weighted by Gasteiger charge is -2.06. The monoisotopic (exact) mass is 378 g/mol. The molecule has 26 heavy (non-hydrogen) atoms. The van der Waals surface area contributed by atoms with Crippen molar-refractivity contribution in [3.63, 3.8) is 0 Å². The maximum Gasteiger partial charge on any atom is 0.338 e. The molecule has 0 bridgehead atoms. The Morgan fingerprint density at radius 3 is 2.62 bits per heavy atom. The van der Waals surface area contributed by atoms with Gasteiger partial charge in [-0.15, -0.1) is 4.47 Å². The van der Waals surface area contributed by atoms with Gasteiger partial charge in [-0.25, -0.2) is 4.79 Å². The lowest BCUT2D eigenvalue weighted by Crippen LogP contribution is -2.14. The number of amides is 2. The van der Waals surface area contributed by atoms with Crippen molar-refractivity contribution >= 4 is 39.9 Å². The lowest BCUT2D eigenvalue weighted by molar-refractivity contribution is -0.118. The molecule has 2 rings (SSSR count). The number of benzene rings is 1. The standard InChI is InChI=1S/C17H22N4O4S/c1-3-25-17(24)13-5-7-14(8-6-13)19-15(22)9-4-12(2)20-21-26-10-16(23)18-11-26/h5-8H,3-4,9-11H2,1-2H3,(H,18,23)(H,19,22)/b20-12+. The normalized spacial score (nSPS) is 17.1. The number of anilines is 1. The summed E-state index contributed by atoms with van der Waals surface area (Å²) in [4.78, 5) is 34.7. The Bertz CT molecular complexity index is 744. The smallest absolute Gasteiger partial charge is 0.338 e. The van der Waals surface area contributed by atoms with E-state index in [0.717, 1.165) is 5.71 Å². The van der Waals surface area contributed by atoms with Crippen molar-refractivity contribution < 1.29 is 19.1 Å². The van der Waals surface area contributed by atoms with E-state index in [1.54, 1.807) is 38.1 Å². The first kappa shape index (κ1) is 19.8. The molecular weight excluding hydrogens is 356 g/mol. The maximum atomic E-state index is 12.0. The van der Waals surface area contributed by atoms with Crippen molar-refractivity contribution in [2.24, 2.45) is 9.57 Å². The molecule has 9 heteroatoms. The number of carbonyl (C=O) groups excluding carboxylic acids is 3. The van der Waals surface area contributed by atoms with Gasteiger partial charge < -0.3 is 15.4 Å². The van der Waals surface area contributed by atoms with Crippen molar-refractivity contribution in [3.05, 3.63) is 29.8 Å². The first-order valence-electron chi connectivity index (χ1n) is 8.23. The third kappa shape index (κ3) is 6.40. The highest BCUT2D eigenvalue weighted by molar-refractivity contribution is 7.88. The fourth-order valence-electron chi connectivity index (χ4n) is 2.07. The summed E-state index contributed by atoms with van der Waals surface area (Å²) in [5.41, 5.74) is 1.79. The number of nitrogens with one attached hydrogen (secondary N) is 2. The Hall–Kier alpha value is -2.55. The van der Waals surface area contributed by atoms with E-state index in [0.29, 0.717) is 35.9 Å². The summed E-state index contributed by atoms with van der Waals surface area (Å²) in [6, 6.07) is 6.53. The summed E-state index contributed by atoms with van der Waals surface area (Å²) in [6.07, 6.45) is 0.754. The predicted octanol–water partition coefficient (Wildman–Crippen LogP) is 1.85. The second-order valence-corrected chi connectivity index (χ2v) is 7.28. The number of nitrogens with zero attached hydrogens (tertiary/aromatic N) is 2. The number of ether oxygens (including phenoxy) is 1. The fourth-order valence-corrected chi connectivity index (χ4v) is 3.28. The zero-order valence-electron chi connectivity index (χ0n) is 14.8. The van der Waals surface area contributed by atoms with E-state index < -0.39 is 10.7 Å². The van der Waals surface area contributed by atoms with Gasteiger partial charge in [0.2, 0.25) is 11.8 Å². The molecular formula is C17H22N4O4S. The van der Waals surface area contributed by atoms with Crippen LogP contribution < -0.4 is 10.6 Å². The molecule has 1 aromatic rings. The van der Waals surface area contributed by atoms with Crippen LogP contribution in [0, 0.1) is 0 Å². The second-order valence-electron chi connectivity index (χ2n) is 5.61. The van der Waals surface area contributed by atoms with Crippen molar-refractivity contribution in [1.82, 2.24) is 5.32 Å². The minimum atomic E-state index is -0.393. The van der Waals surface area contributed by atoms with E-state index in [-0.39, 0.29) is 24.2 Å². The summed E-state index contributed by atoms with van der Waals surface area (Å²) in [5, 5.41) is 9.57. The Labute approximate surface area is 154 Å². The molecule has 0 spiro atoms. The van der Waals surface area contributed by atoms with E-state index in [1.165, 1.54) is 0 Å². The zero-order valence-corrected chi connectivity index (χ0v) is 15.6. The molecule has 0 aliphatic carbocycles. The van der Waals surface area contributed by atoms with Gasteiger partial charge >= 0.3 is 5.97 Å². The molecule has 0 radical (unpaired) electrons. The van der Waals surface area contributed by atoms with E-state index >= 15 is 0 Å². The summed E-state index contributed by atoms with van der Waals surface area (Å²) >= 11 is 0. The van der Waals surface area contributed by atoms with Crippen LogP contribution in [0.4, 0.5) is 5.69 Å². The average molecular weight is 378 g/mol. The van der Waals surface area contributed by atoms with Gasteiger partial charge in [0.25, 0.3) is 0 Å². The molecule has 1 aromatic carbocycles. The zero-order chi connectivity index (χ0) is 18.9. The molecule has 1 aliphatic heterocycles. The molecule has 2 N–H and O–H groups in total. The van der Waals surface area contributed by atoms with Crippen LogP contribution in [0.1, 0.15) is 37.0 Å². The fraction of sp³-hybridized carbons (Fsp3) is 0.412. The Morgan fingerprint density at radius 1 is 1.27 bits per heavy atom. The van der Waals surface area contributed by atoms with Crippen molar-refractivity contribution in [3.8, 4) is 0 Å². The quantitative estimate of drug-likeness (QED) is 0.429. The van der Waals surface area contributed by atoms with Crippen LogP contribution in [0.15, 0.2) is 33.8 Å². The van der Waals surface area contributed by atoms with Crippen LogP contribution >= 0.6 is 0 Å². The first-order chi connectivity index (χ1) is 12.5. The highest BCUT2D eigenvalue weighted by Gasteiger charge is 2.14. The van der Waals surface area contributed by atoms with Crippen LogP contribution in [0.3, 0.4) is 0 Å². The van der Waals surface area contributed by atoms with Gasteiger partial charge in [0.1, 0.15) is 0 Å². The van der Waals surface area contributed by atoms with Crippen LogP contribution in [0.2, 0.25) is 0 Å². The van der Waals surface area contributed by atoms with Crippen LogP contribution in [0.5, 0.6) is 0 Å². The van der Waals surface area contributed by atoms with Gasteiger partial charge in [0.15, 0.2) is 0 Å². The molecule has 1 saturated heterocycles. The van der Waals surface area contributed by atoms with Gasteiger partial charge in [-0.1, -0.05) is 0 Å². The molecule has 1 fully saturated rings. The molecule has 0 aromatic heterocycles. The third-order valence-electron chi connectivity index (χ3n) is 3.45. The largest absolute Gasteiger partial charge is 0.462 e. The van der Waals surface area contributed by atoms with E-state index in [4.69, 9.17) is 4.74 Å². The minimum Gasteiger partial charge on any atom is -0.462 e. The van der Waals surface area contributed by atoms with E-state index in [2.05, 4.69) is 20.2 Å². The van der Waals surface area contributed by atoms with Crippen molar-refractivity contribution in [2.75, 3.05) is 23.6 Å². The van der Waals surface area contributed by atoms with Gasteiger partial charge in [0.05, 0.1) is 23.8 Å². The van der Waals surface area contributed by atoms with Crippen LogP contribution in [0.25, 0.3) is 0 Å². The summed E-state index contributed by atoms with van der Waals surface area (Å²) < 4.78 is 9.04. The molecule has 1 atom stereocenters. The highest BCUT2D eigenvalue weighted by Crippen LogP contribution is 2.11. The average Bonchev–Trinajstić information content (AvgIpc) is 3.04. The number of esters is 1. The van der Waals surface area contributed by atoms with Crippen molar-refractivity contribution in [1.29, 1.82) is 0 Å². The number of rotatable bonds is 7. The maximum absolute atomic E-state index is 12.0. The van der Waals surface area contributed by atoms with E-state index in [9.17, 15) is 14.4 Å². The topological polar surface area (TPSA) is 109 Å². The van der Waals surface area contributed by atoms with Gasteiger partial charge in [-0.05, 0) is 55.2 Å². The van der Waals surface area contributed by atoms with E-state index in [1.807, 2.05) is 0 Å². The predicted molar refractivity (Wildman–Crippen MR) is 101 cm³/mol. The molecule has 2 amide bonds. The first-order valence-corrected chi connectivity index (χ1v) is 9.75. The number of carbonyl (C=O) groups is 3. The molecule has 1 aliphatic rings. The number of hydrogen-bond donors (Lipinski definition) is 2. The summed E-state index contributed by atoms with van der Waals surface area (Å²) in [7, 11) is -0.393. The lowest BCUT2D eigenvalue weighted by atomic mass is 10.2. The molecule has 0 saturated carbocycles. The van der Waals surface area contributed by atoms with Crippen molar-refractivity contribution in [2.45, 2.75) is 26.7 Å². The van der Waals surface area contributed by atoms with Gasteiger partial charge in [-0.3, -0.25) is 9.59 Å². The minimum absolute atomic E-state index is 0.00158. The molecule has 8 nitrogen and oxygen atoms in total. The van der Waals surface area contributed by atoms with Crippen LogP contribution in [-0.4, -0.2) is 41.7 Å². The molecule has 1 heterocycles. The molecule has 140 valence electrons. The third-order valence-corrected chi connectivity index (χ3v) is 4.84. The van der Waals surface area contributed by atoms with Gasteiger partial charge in [-0.2, -0.15) is 5.10 Å². The highest BCUT2D eigenvalue weighted by atomic mass is 32.2. The Morgan fingerprint density at radius 2 is 2.00 bits per heavy atom. The Kier molecular flexibility index (Phi) is 7.46. The SMILES string of the molecule is CCOC(=O)c1ccc(NC(=O)CC/C(C)=N/N=S2\CNC(=O)C2)cc1. The number of hydrogen-bond acceptors (Lipinski definition) is 5. The van der Waals surface area contributed by atoms with Crippen LogP contribution in [-0.2, 0) is 25.0 Å². The summed E-state index contributed by atoms with van der Waals surface area (Å²) in [6.45, 7) is 3.87. The van der Waals surface area contributed by atoms with Gasteiger partial charge in [0, 0.05) is 17.8 Å². The summed E-state index contributed by atoms with van der Waals surface area (Å²) in [5.74, 6) is 0.388. The Balaban J connectivity index is 1.79. The second kappa shape index (κ2) is 9.81. The molecule has 1 unspecified atom stereocenters.